The lowest BCUT2D eigenvalue weighted by atomic mass is 10.2. The summed E-state index contributed by atoms with van der Waals surface area (Å²) < 4.78 is 27.0. The van der Waals surface area contributed by atoms with E-state index in [-0.39, 0.29) is 16.3 Å². The fraction of sp³-hybridized carbons (Fsp3) is 0.0714. The van der Waals surface area contributed by atoms with E-state index in [4.69, 9.17) is 22.6 Å². The quantitative estimate of drug-likeness (QED) is 0.849. The van der Waals surface area contributed by atoms with Crippen LogP contribution in [0.1, 0.15) is 11.1 Å². The van der Waals surface area contributed by atoms with Crippen LogP contribution < -0.4 is 10.5 Å². The lowest BCUT2D eigenvalue weighted by molar-refractivity contribution is 0.601. The number of benzene rings is 2. The number of aryl methyl sites for hydroxylation is 1. The topological polar surface area (TPSA) is 96.0 Å². The van der Waals surface area contributed by atoms with E-state index >= 15 is 0 Å². The molecule has 2 rings (SSSR count). The van der Waals surface area contributed by atoms with Crippen LogP contribution in [0, 0.1) is 18.3 Å². The maximum atomic E-state index is 12.3. The number of nitrogens with zero attached hydrogens (tertiary/aromatic N) is 1. The number of sulfonamides is 1. The summed E-state index contributed by atoms with van der Waals surface area (Å²) in [7, 11) is -3.87. The van der Waals surface area contributed by atoms with Crippen LogP contribution in [0.3, 0.4) is 0 Å². The van der Waals surface area contributed by atoms with Gasteiger partial charge in [0.25, 0.3) is 10.0 Å². The zero-order valence-electron chi connectivity index (χ0n) is 11.1. The summed E-state index contributed by atoms with van der Waals surface area (Å²) in [6.07, 6.45) is 0. The Morgan fingerprint density at radius 1 is 1.24 bits per heavy atom. The smallest absolute Gasteiger partial charge is 0.263 e. The highest BCUT2D eigenvalue weighted by Gasteiger charge is 2.19. The second-order valence-corrected chi connectivity index (χ2v) is 6.51. The highest BCUT2D eigenvalue weighted by atomic mass is 35.5. The summed E-state index contributed by atoms with van der Waals surface area (Å²) in [5.41, 5.74) is 7.18. The Labute approximate surface area is 128 Å². The molecule has 0 bridgehead atoms. The molecule has 7 heteroatoms. The van der Waals surface area contributed by atoms with Crippen LogP contribution in [0.15, 0.2) is 41.3 Å². The third-order valence-corrected chi connectivity index (χ3v) is 4.55. The van der Waals surface area contributed by atoms with E-state index in [1.807, 2.05) is 13.0 Å². The van der Waals surface area contributed by atoms with Gasteiger partial charge in [-0.1, -0.05) is 17.7 Å². The molecule has 0 aliphatic carbocycles. The molecule has 0 unspecified atom stereocenters. The molecule has 0 radical (unpaired) electrons. The van der Waals surface area contributed by atoms with Gasteiger partial charge in [0, 0.05) is 0 Å². The Morgan fingerprint density at radius 3 is 2.52 bits per heavy atom. The van der Waals surface area contributed by atoms with Crippen molar-refractivity contribution in [2.24, 2.45) is 0 Å². The second-order valence-electron chi connectivity index (χ2n) is 4.45. The summed E-state index contributed by atoms with van der Waals surface area (Å²) in [6.45, 7) is 1.85. The molecule has 2 aromatic rings. The number of rotatable bonds is 3. The normalized spacial score (nSPS) is 10.9. The summed E-state index contributed by atoms with van der Waals surface area (Å²) >= 11 is 6.01. The van der Waals surface area contributed by atoms with Gasteiger partial charge < -0.3 is 5.73 Å². The van der Waals surface area contributed by atoms with Crippen LogP contribution in [-0.4, -0.2) is 8.42 Å². The molecule has 0 amide bonds. The number of nitrogen functional groups attached to an aromatic ring is 1. The minimum absolute atomic E-state index is 0.00443. The fourth-order valence-electron chi connectivity index (χ4n) is 1.77. The molecule has 0 aromatic heterocycles. The molecular formula is C14H12ClN3O2S. The Hall–Kier alpha value is -2.23. The Morgan fingerprint density at radius 2 is 1.95 bits per heavy atom. The predicted molar refractivity (Wildman–Crippen MR) is 82.6 cm³/mol. The summed E-state index contributed by atoms with van der Waals surface area (Å²) in [5.74, 6) is 0. The maximum Gasteiger partial charge on any atom is 0.263 e. The first-order chi connectivity index (χ1) is 9.83. The van der Waals surface area contributed by atoms with Gasteiger partial charge in [0.2, 0.25) is 0 Å². The first kappa shape index (κ1) is 15.2. The van der Waals surface area contributed by atoms with Crippen molar-refractivity contribution in [3.05, 3.63) is 52.5 Å². The van der Waals surface area contributed by atoms with Crippen LogP contribution in [0.5, 0.6) is 0 Å². The van der Waals surface area contributed by atoms with Crippen molar-refractivity contribution in [1.29, 1.82) is 5.26 Å². The van der Waals surface area contributed by atoms with Crippen molar-refractivity contribution in [1.82, 2.24) is 0 Å². The van der Waals surface area contributed by atoms with Crippen molar-refractivity contribution in [3.63, 3.8) is 0 Å². The SMILES string of the molecule is Cc1ccc(NS(=O)(=O)c2ccc(C#N)cc2N)c(Cl)c1. The molecule has 108 valence electrons. The largest absolute Gasteiger partial charge is 0.398 e. The zero-order valence-corrected chi connectivity index (χ0v) is 12.7. The average Bonchev–Trinajstić information content (AvgIpc) is 2.41. The number of hydrogen-bond donors (Lipinski definition) is 2. The van der Waals surface area contributed by atoms with Crippen LogP contribution in [0.25, 0.3) is 0 Å². The van der Waals surface area contributed by atoms with Crippen molar-refractivity contribution in [2.75, 3.05) is 10.5 Å². The summed E-state index contributed by atoms with van der Waals surface area (Å²) in [5, 5.41) is 9.06. The van der Waals surface area contributed by atoms with Crippen molar-refractivity contribution in [3.8, 4) is 6.07 Å². The molecule has 0 saturated carbocycles. The summed E-state index contributed by atoms with van der Waals surface area (Å²) in [4.78, 5) is -0.0989. The number of nitrogens with two attached hydrogens (primary N) is 1. The Balaban J connectivity index is 2.41. The second kappa shape index (κ2) is 5.64. The van der Waals surface area contributed by atoms with Gasteiger partial charge in [-0.05, 0) is 42.8 Å². The molecule has 0 atom stereocenters. The molecular weight excluding hydrogens is 310 g/mol. The van der Waals surface area contributed by atoms with Gasteiger partial charge >= 0.3 is 0 Å². The maximum absolute atomic E-state index is 12.3. The Kier molecular flexibility index (Phi) is 4.07. The molecule has 0 heterocycles. The first-order valence-corrected chi connectivity index (χ1v) is 7.78. The van der Waals surface area contributed by atoms with Gasteiger partial charge in [-0.3, -0.25) is 4.72 Å². The van der Waals surface area contributed by atoms with Crippen LogP contribution in [0.2, 0.25) is 5.02 Å². The molecule has 3 N–H and O–H groups in total. The minimum atomic E-state index is -3.87. The third-order valence-electron chi connectivity index (χ3n) is 2.80. The highest BCUT2D eigenvalue weighted by Crippen LogP contribution is 2.27. The molecule has 2 aromatic carbocycles. The molecule has 5 nitrogen and oxygen atoms in total. The monoisotopic (exact) mass is 321 g/mol. The van der Waals surface area contributed by atoms with Gasteiger partial charge in [-0.25, -0.2) is 8.42 Å². The van der Waals surface area contributed by atoms with E-state index < -0.39 is 10.0 Å². The van der Waals surface area contributed by atoms with Gasteiger partial charge in [0.05, 0.1) is 28.0 Å². The van der Waals surface area contributed by atoms with Gasteiger partial charge in [-0.2, -0.15) is 5.26 Å². The molecule has 21 heavy (non-hydrogen) atoms. The van der Waals surface area contributed by atoms with Gasteiger partial charge in [0.15, 0.2) is 0 Å². The lowest BCUT2D eigenvalue weighted by Crippen LogP contribution is -2.15. The third kappa shape index (κ3) is 3.27. The summed E-state index contributed by atoms with van der Waals surface area (Å²) in [6, 6.07) is 10.9. The number of nitrogens with one attached hydrogen (secondary N) is 1. The van der Waals surface area contributed by atoms with E-state index in [2.05, 4.69) is 4.72 Å². The van der Waals surface area contributed by atoms with Crippen molar-refractivity contribution < 1.29 is 8.42 Å². The molecule has 0 fully saturated rings. The number of halogens is 1. The minimum Gasteiger partial charge on any atom is -0.398 e. The lowest BCUT2D eigenvalue weighted by Gasteiger charge is -2.12. The predicted octanol–water partition coefficient (Wildman–Crippen LogP) is 2.90. The van der Waals surface area contributed by atoms with E-state index in [1.54, 1.807) is 18.2 Å². The highest BCUT2D eigenvalue weighted by molar-refractivity contribution is 7.92. The Bertz CT molecular complexity index is 842. The number of nitriles is 1. The van der Waals surface area contributed by atoms with E-state index in [0.29, 0.717) is 10.6 Å². The van der Waals surface area contributed by atoms with Crippen molar-refractivity contribution in [2.45, 2.75) is 11.8 Å². The van der Waals surface area contributed by atoms with Crippen molar-refractivity contribution >= 4 is 33.0 Å². The van der Waals surface area contributed by atoms with E-state index in [0.717, 1.165) is 5.56 Å². The van der Waals surface area contributed by atoms with Gasteiger partial charge in [-0.15, -0.1) is 0 Å². The van der Waals surface area contributed by atoms with Crippen LogP contribution in [-0.2, 0) is 10.0 Å². The number of anilines is 2. The molecule has 0 spiro atoms. The van der Waals surface area contributed by atoms with Crippen LogP contribution in [0.4, 0.5) is 11.4 Å². The van der Waals surface area contributed by atoms with Gasteiger partial charge in [0.1, 0.15) is 4.90 Å². The first-order valence-electron chi connectivity index (χ1n) is 5.92. The zero-order chi connectivity index (χ0) is 15.6. The number of hydrogen-bond acceptors (Lipinski definition) is 4. The fourth-order valence-corrected chi connectivity index (χ4v) is 3.30. The average molecular weight is 322 g/mol. The standard InChI is InChI=1S/C14H12ClN3O2S/c1-9-2-4-13(11(15)6-9)18-21(19,20)14-5-3-10(8-16)7-12(14)17/h2-7,18H,17H2,1H3. The van der Waals surface area contributed by atoms with E-state index in [1.165, 1.54) is 18.2 Å². The van der Waals surface area contributed by atoms with Crippen LogP contribution >= 0.6 is 11.6 Å². The van der Waals surface area contributed by atoms with E-state index in [9.17, 15) is 8.42 Å². The molecule has 0 aliphatic rings. The molecule has 0 saturated heterocycles. The molecule has 0 aliphatic heterocycles.